The van der Waals surface area contributed by atoms with Gasteiger partial charge in [0.1, 0.15) is 5.82 Å². The molecule has 0 aliphatic carbocycles. The number of pyridine rings is 1. The Morgan fingerprint density at radius 2 is 1.88 bits per heavy atom. The van der Waals surface area contributed by atoms with Crippen molar-refractivity contribution < 1.29 is 9.47 Å². The van der Waals surface area contributed by atoms with Crippen LogP contribution in [-0.2, 0) is 9.47 Å². The van der Waals surface area contributed by atoms with Crippen LogP contribution in [0.25, 0.3) is 0 Å². The smallest absolute Gasteiger partial charge is 0.143 e. The first kappa shape index (κ1) is 13.4. The second-order valence-corrected chi connectivity index (χ2v) is 4.14. The molecule has 0 saturated heterocycles. The zero-order valence-electron chi connectivity index (χ0n) is 9.65. The van der Waals surface area contributed by atoms with Gasteiger partial charge in [-0.1, -0.05) is 0 Å². The van der Waals surface area contributed by atoms with Crippen LogP contribution < -0.4 is 4.90 Å². The van der Waals surface area contributed by atoms with Crippen molar-refractivity contribution >= 4 is 21.7 Å². The number of nitrogens with zero attached hydrogens (tertiary/aromatic N) is 2. The van der Waals surface area contributed by atoms with E-state index in [-0.39, 0.29) is 0 Å². The summed E-state index contributed by atoms with van der Waals surface area (Å²) in [6.07, 6.45) is 1.78. The van der Waals surface area contributed by atoms with E-state index in [0.717, 1.165) is 23.4 Å². The number of methoxy groups -OCH3 is 2. The summed E-state index contributed by atoms with van der Waals surface area (Å²) in [4.78, 5) is 6.49. The van der Waals surface area contributed by atoms with E-state index in [9.17, 15) is 0 Å². The van der Waals surface area contributed by atoms with Crippen LogP contribution >= 0.6 is 15.9 Å². The van der Waals surface area contributed by atoms with Gasteiger partial charge in [-0.15, -0.1) is 0 Å². The molecule has 16 heavy (non-hydrogen) atoms. The van der Waals surface area contributed by atoms with Gasteiger partial charge in [0.15, 0.2) is 0 Å². The molecule has 1 aromatic heterocycles. The second-order valence-electron chi connectivity index (χ2n) is 3.28. The Balaban J connectivity index is 2.70. The van der Waals surface area contributed by atoms with E-state index in [1.807, 2.05) is 12.1 Å². The normalized spacial score (nSPS) is 10.4. The molecule has 1 aromatic rings. The SMILES string of the molecule is COCCN(CCOC)c1ncccc1Br. The van der Waals surface area contributed by atoms with Crippen molar-refractivity contribution in [2.75, 3.05) is 45.4 Å². The minimum atomic E-state index is 0.673. The number of hydrogen-bond acceptors (Lipinski definition) is 4. The van der Waals surface area contributed by atoms with Crippen LogP contribution in [0.15, 0.2) is 22.8 Å². The lowest BCUT2D eigenvalue weighted by Crippen LogP contribution is -2.31. The standard InChI is InChI=1S/C11H17BrN2O2/c1-15-8-6-14(7-9-16-2)11-10(12)4-3-5-13-11/h3-5H,6-9H2,1-2H3. The van der Waals surface area contributed by atoms with Crippen LogP contribution in [0.1, 0.15) is 0 Å². The predicted octanol–water partition coefficient (Wildman–Crippen LogP) is 1.94. The molecule has 1 rings (SSSR count). The molecule has 0 atom stereocenters. The number of aromatic nitrogens is 1. The van der Waals surface area contributed by atoms with E-state index < -0.39 is 0 Å². The summed E-state index contributed by atoms with van der Waals surface area (Å²) in [6.45, 7) is 2.95. The fourth-order valence-electron chi connectivity index (χ4n) is 1.34. The maximum atomic E-state index is 5.09. The summed E-state index contributed by atoms with van der Waals surface area (Å²) < 4.78 is 11.2. The summed E-state index contributed by atoms with van der Waals surface area (Å²) in [7, 11) is 3.39. The van der Waals surface area contributed by atoms with E-state index in [0.29, 0.717) is 13.2 Å². The number of anilines is 1. The van der Waals surface area contributed by atoms with Crippen LogP contribution in [0.3, 0.4) is 0 Å². The molecule has 0 N–H and O–H groups in total. The molecule has 0 aliphatic heterocycles. The van der Waals surface area contributed by atoms with Crippen LogP contribution in [0.5, 0.6) is 0 Å². The van der Waals surface area contributed by atoms with E-state index in [2.05, 4.69) is 25.8 Å². The first-order valence-corrected chi connectivity index (χ1v) is 5.92. The Morgan fingerprint density at radius 1 is 1.25 bits per heavy atom. The average molecular weight is 289 g/mol. The third-order valence-corrected chi connectivity index (χ3v) is 2.79. The molecule has 0 saturated carbocycles. The van der Waals surface area contributed by atoms with Crippen molar-refractivity contribution in [3.8, 4) is 0 Å². The Morgan fingerprint density at radius 3 is 2.38 bits per heavy atom. The predicted molar refractivity (Wildman–Crippen MR) is 67.9 cm³/mol. The van der Waals surface area contributed by atoms with Crippen LogP contribution in [0.4, 0.5) is 5.82 Å². The van der Waals surface area contributed by atoms with Crippen LogP contribution in [0.2, 0.25) is 0 Å². The lowest BCUT2D eigenvalue weighted by Gasteiger charge is -2.23. The summed E-state index contributed by atoms with van der Waals surface area (Å²) >= 11 is 3.49. The Kier molecular flexibility index (Phi) is 6.37. The molecule has 0 bridgehead atoms. The van der Waals surface area contributed by atoms with Crippen molar-refractivity contribution in [2.24, 2.45) is 0 Å². The van der Waals surface area contributed by atoms with Gasteiger partial charge in [0, 0.05) is 33.5 Å². The van der Waals surface area contributed by atoms with Crippen molar-refractivity contribution in [1.82, 2.24) is 4.98 Å². The van der Waals surface area contributed by atoms with Gasteiger partial charge in [-0.2, -0.15) is 0 Å². The highest BCUT2D eigenvalue weighted by Gasteiger charge is 2.10. The van der Waals surface area contributed by atoms with Crippen LogP contribution in [-0.4, -0.2) is 45.5 Å². The number of halogens is 1. The first-order valence-electron chi connectivity index (χ1n) is 5.13. The number of hydrogen-bond donors (Lipinski definition) is 0. The maximum absolute atomic E-state index is 5.09. The zero-order valence-corrected chi connectivity index (χ0v) is 11.2. The molecule has 0 amide bonds. The van der Waals surface area contributed by atoms with E-state index in [1.165, 1.54) is 0 Å². The molecular weight excluding hydrogens is 272 g/mol. The minimum Gasteiger partial charge on any atom is -0.383 e. The zero-order chi connectivity index (χ0) is 11.8. The Labute approximate surface area is 105 Å². The molecule has 90 valence electrons. The molecular formula is C11H17BrN2O2. The second kappa shape index (κ2) is 7.60. The molecule has 5 heteroatoms. The number of rotatable bonds is 7. The molecule has 0 radical (unpaired) electrons. The summed E-state index contributed by atoms with van der Waals surface area (Å²) in [6, 6.07) is 3.88. The van der Waals surface area contributed by atoms with Crippen molar-refractivity contribution in [3.05, 3.63) is 22.8 Å². The summed E-state index contributed by atoms with van der Waals surface area (Å²) in [5.41, 5.74) is 0. The van der Waals surface area contributed by atoms with E-state index in [4.69, 9.17) is 9.47 Å². The van der Waals surface area contributed by atoms with Crippen molar-refractivity contribution in [1.29, 1.82) is 0 Å². The quantitative estimate of drug-likeness (QED) is 0.768. The highest BCUT2D eigenvalue weighted by Crippen LogP contribution is 2.22. The molecule has 4 nitrogen and oxygen atoms in total. The van der Waals surface area contributed by atoms with Gasteiger partial charge in [0.05, 0.1) is 17.7 Å². The number of ether oxygens (including phenoxy) is 2. The Hall–Kier alpha value is -0.650. The fourth-order valence-corrected chi connectivity index (χ4v) is 1.84. The molecule has 1 heterocycles. The van der Waals surface area contributed by atoms with E-state index in [1.54, 1.807) is 20.4 Å². The molecule has 0 spiro atoms. The third kappa shape index (κ3) is 4.08. The van der Waals surface area contributed by atoms with E-state index >= 15 is 0 Å². The lowest BCUT2D eigenvalue weighted by molar-refractivity contribution is 0.190. The highest BCUT2D eigenvalue weighted by molar-refractivity contribution is 9.10. The highest BCUT2D eigenvalue weighted by atomic mass is 79.9. The molecule has 0 aliphatic rings. The van der Waals surface area contributed by atoms with Gasteiger partial charge < -0.3 is 14.4 Å². The van der Waals surface area contributed by atoms with Gasteiger partial charge in [-0.05, 0) is 28.1 Å². The van der Waals surface area contributed by atoms with Gasteiger partial charge >= 0.3 is 0 Å². The summed E-state index contributed by atoms with van der Waals surface area (Å²) in [5, 5.41) is 0. The van der Waals surface area contributed by atoms with Crippen molar-refractivity contribution in [3.63, 3.8) is 0 Å². The Bertz CT molecular complexity index is 302. The molecule has 0 aromatic carbocycles. The summed E-state index contributed by atoms with van der Waals surface area (Å²) in [5.74, 6) is 0.927. The van der Waals surface area contributed by atoms with Gasteiger partial charge in [0.2, 0.25) is 0 Å². The topological polar surface area (TPSA) is 34.6 Å². The van der Waals surface area contributed by atoms with Crippen molar-refractivity contribution in [2.45, 2.75) is 0 Å². The van der Waals surface area contributed by atoms with Crippen LogP contribution in [0, 0.1) is 0 Å². The molecule has 0 unspecified atom stereocenters. The molecule has 0 fully saturated rings. The van der Waals surface area contributed by atoms with Gasteiger partial charge in [-0.25, -0.2) is 4.98 Å². The van der Waals surface area contributed by atoms with Gasteiger partial charge in [-0.3, -0.25) is 0 Å². The minimum absolute atomic E-state index is 0.673. The third-order valence-electron chi connectivity index (χ3n) is 2.17. The van der Waals surface area contributed by atoms with Gasteiger partial charge in [0.25, 0.3) is 0 Å². The first-order chi connectivity index (χ1) is 7.79. The fraction of sp³-hybridized carbons (Fsp3) is 0.545. The maximum Gasteiger partial charge on any atom is 0.143 e. The average Bonchev–Trinajstić information content (AvgIpc) is 2.31. The monoisotopic (exact) mass is 288 g/mol. The lowest BCUT2D eigenvalue weighted by atomic mass is 10.4. The largest absolute Gasteiger partial charge is 0.383 e.